The molecule has 112 valence electrons. The predicted octanol–water partition coefficient (Wildman–Crippen LogP) is 3.15. The normalized spacial score (nSPS) is 15.2. The number of aliphatic imine (C=N–C) groups is 1. The number of rotatable bonds is 4. The second kappa shape index (κ2) is 8.61. The van der Waals surface area contributed by atoms with E-state index in [1.54, 1.807) is 11.3 Å². The van der Waals surface area contributed by atoms with Crippen LogP contribution in [0.1, 0.15) is 35.3 Å². The molecule has 0 bridgehead atoms. The highest BCUT2D eigenvalue weighted by Crippen LogP contribution is 2.17. The number of nitrogens with one attached hydrogen (secondary N) is 2. The molecule has 0 fully saturated rings. The minimum atomic E-state index is 0. The van der Waals surface area contributed by atoms with Gasteiger partial charge in [-0.1, -0.05) is 12.2 Å². The minimum Gasteiger partial charge on any atom is -0.357 e. The SMILES string of the molecule is CCNC(=NCc1nc(C)c(C)s1)NC1CC=CC1.I. The third-order valence-corrected chi connectivity index (χ3v) is 4.20. The Kier molecular flexibility index (Phi) is 7.50. The molecule has 0 saturated carbocycles. The highest BCUT2D eigenvalue weighted by Gasteiger charge is 2.11. The van der Waals surface area contributed by atoms with Gasteiger partial charge in [0.15, 0.2) is 5.96 Å². The van der Waals surface area contributed by atoms with Crippen molar-refractivity contribution in [3.05, 3.63) is 27.7 Å². The molecular formula is C14H23IN4S. The van der Waals surface area contributed by atoms with Crippen molar-refractivity contribution < 1.29 is 0 Å². The van der Waals surface area contributed by atoms with Crippen LogP contribution in [0.2, 0.25) is 0 Å². The van der Waals surface area contributed by atoms with Gasteiger partial charge in [-0.3, -0.25) is 0 Å². The van der Waals surface area contributed by atoms with Crippen LogP contribution >= 0.6 is 35.3 Å². The van der Waals surface area contributed by atoms with Gasteiger partial charge in [0.05, 0.1) is 12.2 Å². The smallest absolute Gasteiger partial charge is 0.191 e. The average molecular weight is 406 g/mol. The third kappa shape index (κ3) is 5.05. The molecule has 6 heteroatoms. The lowest BCUT2D eigenvalue weighted by atomic mass is 10.2. The van der Waals surface area contributed by atoms with E-state index in [4.69, 9.17) is 0 Å². The van der Waals surface area contributed by atoms with Crippen molar-refractivity contribution in [2.24, 2.45) is 4.99 Å². The van der Waals surface area contributed by atoms with E-state index in [0.29, 0.717) is 12.6 Å². The quantitative estimate of drug-likeness (QED) is 0.350. The summed E-state index contributed by atoms with van der Waals surface area (Å²) in [4.78, 5) is 10.4. The summed E-state index contributed by atoms with van der Waals surface area (Å²) >= 11 is 1.73. The lowest BCUT2D eigenvalue weighted by molar-refractivity contribution is 0.633. The number of aryl methyl sites for hydroxylation is 2. The number of nitrogens with zero attached hydrogens (tertiary/aromatic N) is 2. The van der Waals surface area contributed by atoms with Crippen LogP contribution in [0.5, 0.6) is 0 Å². The second-order valence-corrected chi connectivity index (χ2v) is 6.02. The zero-order chi connectivity index (χ0) is 13.7. The van der Waals surface area contributed by atoms with E-state index in [-0.39, 0.29) is 24.0 Å². The van der Waals surface area contributed by atoms with E-state index in [1.165, 1.54) is 4.88 Å². The van der Waals surface area contributed by atoms with Crippen molar-refractivity contribution in [2.75, 3.05) is 6.54 Å². The summed E-state index contributed by atoms with van der Waals surface area (Å²) in [5, 5.41) is 7.83. The van der Waals surface area contributed by atoms with Gasteiger partial charge in [0.25, 0.3) is 0 Å². The van der Waals surface area contributed by atoms with Crippen LogP contribution in [0.4, 0.5) is 0 Å². The number of aromatic nitrogens is 1. The van der Waals surface area contributed by atoms with Crippen LogP contribution in [-0.4, -0.2) is 23.5 Å². The fourth-order valence-corrected chi connectivity index (χ4v) is 2.86. The van der Waals surface area contributed by atoms with Crippen molar-refractivity contribution in [2.45, 2.75) is 46.2 Å². The van der Waals surface area contributed by atoms with Gasteiger partial charge in [0.2, 0.25) is 0 Å². The standard InChI is InChI=1S/C14H22N4S.HI/c1-4-15-14(18-12-7-5-6-8-12)16-9-13-17-10(2)11(3)19-13;/h5-6,12H,4,7-9H2,1-3H3,(H2,15,16,18);1H. The molecule has 0 amide bonds. The average Bonchev–Trinajstić information content (AvgIpc) is 2.98. The van der Waals surface area contributed by atoms with Crippen LogP contribution in [0.3, 0.4) is 0 Å². The fraction of sp³-hybridized carbons (Fsp3) is 0.571. The van der Waals surface area contributed by atoms with Crippen LogP contribution in [0.25, 0.3) is 0 Å². The van der Waals surface area contributed by atoms with Gasteiger partial charge in [0, 0.05) is 17.5 Å². The van der Waals surface area contributed by atoms with Gasteiger partial charge in [-0.05, 0) is 33.6 Å². The summed E-state index contributed by atoms with van der Waals surface area (Å²) in [6, 6.07) is 0.484. The summed E-state index contributed by atoms with van der Waals surface area (Å²) in [6.07, 6.45) is 6.60. The van der Waals surface area contributed by atoms with Crippen molar-refractivity contribution in [3.8, 4) is 0 Å². The Morgan fingerprint density at radius 3 is 2.65 bits per heavy atom. The molecule has 1 heterocycles. The Morgan fingerprint density at radius 2 is 2.10 bits per heavy atom. The molecule has 0 aromatic carbocycles. The van der Waals surface area contributed by atoms with Crippen LogP contribution < -0.4 is 10.6 Å². The molecule has 0 spiro atoms. The summed E-state index contributed by atoms with van der Waals surface area (Å²) in [7, 11) is 0. The fourth-order valence-electron chi connectivity index (χ4n) is 2.00. The maximum Gasteiger partial charge on any atom is 0.191 e. The summed E-state index contributed by atoms with van der Waals surface area (Å²) in [5.74, 6) is 0.890. The number of hydrogen-bond donors (Lipinski definition) is 2. The number of guanidine groups is 1. The van der Waals surface area contributed by atoms with Gasteiger partial charge >= 0.3 is 0 Å². The largest absolute Gasteiger partial charge is 0.357 e. The highest BCUT2D eigenvalue weighted by atomic mass is 127. The van der Waals surface area contributed by atoms with Gasteiger partial charge in [-0.2, -0.15) is 0 Å². The third-order valence-electron chi connectivity index (χ3n) is 3.14. The van der Waals surface area contributed by atoms with E-state index in [1.807, 2.05) is 6.92 Å². The number of thiazole rings is 1. The summed E-state index contributed by atoms with van der Waals surface area (Å²) < 4.78 is 0. The molecule has 4 nitrogen and oxygen atoms in total. The molecule has 1 aromatic rings. The molecule has 0 radical (unpaired) electrons. The molecule has 1 aromatic heterocycles. The molecule has 1 aliphatic rings. The van der Waals surface area contributed by atoms with E-state index in [9.17, 15) is 0 Å². The van der Waals surface area contributed by atoms with Crippen molar-refractivity contribution in [1.29, 1.82) is 0 Å². The molecule has 0 unspecified atom stereocenters. The van der Waals surface area contributed by atoms with Crippen molar-refractivity contribution in [3.63, 3.8) is 0 Å². The van der Waals surface area contributed by atoms with Crippen molar-refractivity contribution >= 4 is 41.3 Å². The predicted molar refractivity (Wildman–Crippen MR) is 97.1 cm³/mol. The molecule has 0 atom stereocenters. The van der Waals surface area contributed by atoms with Gasteiger partial charge < -0.3 is 10.6 Å². The summed E-state index contributed by atoms with van der Waals surface area (Å²) in [6.45, 7) is 7.76. The molecule has 2 rings (SSSR count). The second-order valence-electron chi connectivity index (χ2n) is 4.73. The monoisotopic (exact) mass is 406 g/mol. The van der Waals surface area contributed by atoms with Gasteiger partial charge in [-0.15, -0.1) is 35.3 Å². The minimum absolute atomic E-state index is 0. The van der Waals surface area contributed by atoms with Crippen LogP contribution in [0, 0.1) is 13.8 Å². The zero-order valence-corrected chi connectivity index (χ0v) is 15.4. The van der Waals surface area contributed by atoms with Crippen molar-refractivity contribution in [1.82, 2.24) is 15.6 Å². The lowest BCUT2D eigenvalue weighted by Crippen LogP contribution is -2.42. The zero-order valence-electron chi connectivity index (χ0n) is 12.3. The molecular weight excluding hydrogens is 383 g/mol. The van der Waals surface area contributed by atoms with Gasteiger partial charge in [0.1, 0.15) is 5.01 Å². The van der Waals surface area contributed by atoms with E-state index >= 15 is 0 Å². The first kappa shape index (κ1) is 17.4. The first-order chi connectivity index (χ1) is 9.19. The Morgan fingerprint density at radius 1 is 1.40 bits per heavy atom. The van der Waals surface area contributed by atoms with E-state index in [0.717, 1.165) is 36.0 Å². The Bertz CT molecular complexity index is 454. The molecule has 0 aliphatic heterocycles. The van der Waals surface area contributed by atoms with E-state index < -0.39 is 0 Å². The summed E-state index contributed by atoms with van der Waals surface area (Å²) in [5.41, 5.74) is 1.12. The highest BCUT2D eigenvalue weighted by molar-refractivity contribution is 14.0. The maximum atomic E-state index is 4.62. The van der Waals surface area contributed by atoms with Gasteiger partial charge in [-0.25, -0.2) is 9.98 Å². The number of hydrogen-bond acceptors (Lipinski definition) is 3. The Hall–Kier alpha value is -0.630. The topological polar surface area (TPSA) is 49.3 Å². The maximum absolute atomic E-state index is 4.62. The Labute approximate surface area is 142 Å². The molecule has 0 saturated heterocycles. The first-order valence-corrected chi connectivity index (χ1v) is 7.63. The molecule has 1 aliphatic carbocycles. The first-order valence-electron chi connectivity index (χ1n) is 6.81. The molecule has 2 N–H and O–H groups in total. The van der Waals surface area contributed by atoms with Crippen LogP contribution in [-0.2, 0) is 6.54 Å². The molecule has 20 heavy (non-hydrogen) atoms. The van der Waals surface area contributed by atoms with Crippen LogP contribution in [0.15, 0.2) is 17.1 Å². The van der Waals surface area contributed by atoms with E-state index in [2.05, 4.69) is 46.6 Å². The number of halogens is 1. The lowest BCUT2D eigenvalue weighted by Gasteiger charge is -2.16. The Balaban J connectivity index is 0.00000200.